The van der Waals surface area contributed by atoms with Gasteiger partial charge in [0.25, 0.3) is 0 Å². The maximum atomic E-state index is 12.3. The first-order valence-electron chi connectivity index (χ1n) is 7.85. The predicted molar refractivity (Wildman–Crippen MR) is 96.9 cm³/mol. The van der Waals surface area contributed by atoms with Gasteiger partial charge in [0, 0.05) is 22.4 Å². The highest BCUT2D eigenvalue weighted by atomic mass is 32.2. The summed E-state index contributed by atoms with van der Waals surface area (Å²) < 4.78 is 13.6. The number of anilines is 1. The third kappa shape index (κ3) is 3.48. The molecule has 0 radical (unpaired) electrons. The molecule has 1 aliphatic rings. The lowest BCUT2D eigenvalue weighted by Gasteiger charge is -2.23. The van der Waals surface area contributed by atoms with Crippen molar-refractivity contribution in [2.24, 2.45) is 0 Å². The van der Waals surface area contributed by atoms with E-state index in [2.05, 4.69) is 10.4 Å². The lowest BCUT2D eigenvalue weighted by Crippen LogP contribution is -2.27. The molecule has 0 spiro atoms. The average Bonchev–Trinajstić information content (AvgIpc) is 3.03. The van der Waals surface area contributed by atoms with Crippen LogP contribution in [0.4, 0.5) is 5.82 Å². The Balaban J connectivity index is 1.85. The van der Waals surface area contributed by atoms with Gasteiger partial charge >= 0.3 is 0 Å². The molecule has 24 heavy (non-hydrogen) atoms. The fourth-order valence-corrected chi connectivity index (χ4v) is 3.90. The van der Waals surface area contributed by atoms with Crippen LogP contribution in [0.1, 0.15) is 37.6 Å². The number of hydrogen-bond acceptors (Lipinski definition) is 3. The minimum atomic E-state index is -0.927. The summed E-state index contributed by atoms with van der Waals surface area (Å²) in [5.41, 5.74) is 2.41. The summed E-state index contributed by atoms with van der Waals surface area (Å²) in [6, 6.07) is 9.65. The molecule has 1 atom stereocenters. The van der Waals surface area contributed by atoms with E-state index in [-0.39, 0.29) is 11.4 Å². The Hall–Kier alpha value is -2.21. The molecule has 0 bridgehead atoms. The van der Waals surface area contributed by atoms with Crippen molar-refractivity contribution in [3.63, 3.8) is 0 Å². The number of carbonyl (C=O) groups is 1. The summed E-state index contributed by atoms with van der Waals surface area (Å²) in [6.07, 6.45) is 3.28. The Morgan fingerprint density at radius 3 is 2.62 bits per heavy atom. The summed E-state index contributed by atoms with van der Waals surface area (Å²) in [5, 5.41) is 7.50. The van der Waals surface area contributed by atoms with E-state index in [1.165, 1.54) is 6.08 Å². The van der Waals surface area contributed by atoms with Crippen LogP contribution >= 0.6 is 0 Å². The molecule has 1 N–H and O–H groups in total. The Morgan fingerprint density at radius 1 is 1.25 bits per heavy atom. The lowest BCUT2D eigenvalue weighted by molar-refractivity contribution is -0.111. The fourth-order valence-electron chi connectivity index (χ4n) is 2.64. The van der Waals surface area contributed by atoms with Crippen LogP contribution in [0.5, 0.6) is 0 Å². The number of fused-ring (bicyclic) bond motifs is 1. The van der Waals surface area contributed by atoms with E-state index in [1.807, 2.05) is 55.8 Å². The third-order valence-electron chi connectivity index (χ3n) is 3.77. The van der Waals surface area contributed by atoms with Crippen LogP contribution in [0.3, 0.4) is 0 Å². The zero-order chi connectivity index (χ0) is 17.3. The minimum Gasteiger partial charge on any atom is -0.307 e. The highest BCUT2D eigenvalue weighted by Crippen LogP contribution is 2.32. The van der Waals surface area contributed by atoms with E-state index in [9.17, 15) is 9.00 Å². The number of nitrogens with one attached hydrogen (secondary N) is 1. The van der Waals surface area contributed by atoms with Gasteiger partial charge in [0.05, 0.1) is 22.7 Å². The summed E-state index contributed by atoms with van der Waals surface area (Å²) in [7, 11) is -0.927. The van der Waals surface area contributed by atoms with Crippen LogP contribution in [0.15, 0.2) is 36.4 Å². The van der Waals surface area contributed by atoms with Crippen LogP contribution in [0.2, 0.25) is 0 Å². The lowest BCUT2D eigenvalue weighted by atomic mass is 10.1. The van der Waals surface area contributed by atoms with Crippen LogP contribution in [-0.4, -0.2) is 19.9 Å². The molecule has 1 amide bonds. The molecule has 0 aliphatic carbocycles. The summed E-state index contributed by atoms with van der Waals surface area (Å²) in [6.45, 7) is 6.09. The number of hydrogen-bond donors (Lipinski definition) is 1. The van der Waals surface area contributed by atoms with Gasteiger partial charge in [0.15, 0.2) is 0 Å². The molecular weight excluding hydrogens is 322 g/mol. The Kier molecular flexibility index (Phi) is 4.41. The molecule has 2 aromatic rings. The van der Waals surface area contributed by atoms with Crippen molar-refractivity contribution in [3.8, 4) is 0 Å². The van der Waals surface area contributed by atoms with Gasteiger partial charge in [-0.1, -0.05) is 30.3 Å². The standard InChI is InChI=1S/C18H21N3O2S/c1-18(2,3)21-17(14-11-24(23)12-15(14)20-21)19-16(22)10-9-13-7-5-4-6-8-13/h4-10H,11-12H2,1-3H3,(H,19,22). The second-order valence-electron chi connectivity index (χ2n) is 6.82. The number of amides is 1. The SMILES string of the molecule is CC(C)(C)n1nc2c(c1NC(=O)C=Cc1ccccc1)CS(=O)C2. The van der Waals surface area contributed by atoms with E-state index < -0.39 is 10.8 Å². The second-order valence-corrected chi connectivity index (χ2v) is 8.28. The van der Waals surface area contributed by atoms with Gasteiger partial charge in [-0.15, -0.1) is 0 Å². The van der Waals surface area contributed by atoms with E-state index in [0.29, 0.717) is 17.3 Å². The first-order valence-corrected chi connectivity index (χ1v) is 9.34. The zero-order valence-corrected chi connectivity index (χ0v) is 14.9. The van der Waals surface area contributed by atoms with Gasteiger partial charge < -0.3 is 5.32 Å². The second kappa shape index (κ2) is 6.36. The number of carbonyl (C=O) groups excluding carboxylic acids is 1. The summed E-state index contributed by atoms with van der Waals surface area (Å²) >= 11 is 0. The van der Waals surface area contributed by atoms with Crippen LogP contribution in [0.25, 0.3) is 6.08 Å². The minimum absolute atomic E-state index is 0.218. The van der Waals surface area contributed by atoms with Crippen molar-refractivity contribution < 1.29 is 9.00 Å². The predicted octanol–water partition coefficient (Wildman–Crippen LogP) is 3.05. The number of nitrogens with zero attached hydrogens (tertiary/aromatic N) is 2. The number of aromatic nitrogens is 2. The molecule has 126 valence electrons. The van der Waals surface area contributed by atoms with Crippen molar-refractivity contribution in [3.05, 3.63) is 53.2 Å². The van der Waals surface area contributed by atoms with Crippen molar-refractivity contribution in [1.82, 2.24) is 9.78 Å². The molecule has 1 aromatic heterocycles. The molecule has 0 fully saturated rings. The maximum absolute atomic E-state index is 12.3. The molecule has 3 rings (SSSR count). The topological polar surface area (TPSA) is 64.0 Å². The van der Waals surface area contributed by atoms with Crippen molar-refractivity contribution in [2.45, 2.75) is 37.8 Å². The van der Waals surface area contributed by atoms with Crippen molar-refractivity contribution >= 4 is 28.6 Å². The molecule has 0 saturated carbocycles. The maximum Gasteiger partial charge on any atom is 0.249 e. The fraction of sp³-hybridized carbons (Fsp3) is 0.333. The molecule has 6 heteroatoms. The van der Waals surface area contributed by atoms with Crippen LogP contribution in [-0.2, 0) is 32.6 Å². The third-order valence-corrected chi connectivity index (χ3v) is 4.98. The Morgan fingerprint density at radius 2 is 1.96 bits per heavy atom. The molecule has 1 unspecified atom stereocenters. The van der Waals surface area contributed by atoms with Crippen LogP contribution < -0.4 is 5.32 Å². The quantitative estimate of drug-likeness (QED) is 0.871. The van der Waals surface area contributed by atoms with Crippen LogP contribution in [0, 0.1) is 0 Å². The molecule has 5 nitrogen and oxygen atoms in total. The van der Waals surface area contributed by atoms with Crippen molar-refractivity contribution in [2.75, 3.05) is 5.32 Å². The summed E-state index contributed by atoms with van der Waals surface area (Å²) in [4.78, 5) is 12.3. The smallest absolute Gasteiger partial charge is 0.249 e. The van der Waals surface area contributed by atoms with Gasteiger partial charge in [-0.05, 0) is 32.4 Å². The van der Waals surface area contributed by atoms with Gasteiger partial charge in [0.1, 0.15) is 5.82 Å². The van der Waals surface area contributed by atoms with Gasteiger partial charge in [-0.2, -0.15) is 5.10 Å². The molecular formula is C18H21N3O2S. The highest BCUT2D eigenvalue weighted by molar-refractivity contribution is 7.83. The highest BCUT2D eigenvalue weighted by Gasteiger charge is 2.31. The van der Waals surface area contributed by atoms with E-state index in [1.54, 1.807) is 6.08 Å². The first kappa shape index (κ1) is 16.6. The van der Waals surface area contributed by atoms with Gasteiger partial charge in [-0.25, -0.2) is 4.68 Å². The monoisotopic (exact) mass is 343 g/mol. The van der Waals surface area contributed by atoms with E-state index in [0.717, 1.165) is 16.8 Å². The number of benzene rings is 1. The molecule has 1 aromatic carbocycles. The average molecular weight is 343 g/mol. The summed E-state index contributed by atoms with van der Waals surface area (Å²) in [5.74, 6) is 1.35. The molecule has 2 heterocycles. The first-order chi connectivity index (χ1) is 11.3. The Bertz CT molecular complexity index is 817. The normalized spacial score (nSPS) is 17.2. The van der Waals surface area contributed by atoms with Gasteiger partial charge in [0.2, 0.25) is 5.91 Å². The Labute approximate surface area is 144 Å². The largest absolute Gasteiger partial charge is 0.307 e. The zero-order valence-electron chi connectivity index (χ0n) is 14.1. The number of rotatable bonds is 3. The van der Waals surface area contributed by atoms with E-state index in [4.69, 9.17) is 0 Å². The van der Waals surface area contributed by atoms with Gasteiger partial charge in [-0.3, -0.25) is 9.00 Å². The molecule has 0 saturated heterocycles. The molecule has 1 aliphatic heterocycles. The van der Waals surface area contributed by atoms with Crippen molar-refractivity contribution in [1.29, 1.82) is 0 Å². The van der Waals surface area contributed by atoms with E-state index >= 15 is 0 Å².